The Hall–Kier alpha value is -0.790. The van der Waals surface area contributed by atoms with Crippen molar-refractivity contribution in [1.29, 1.82) is 0 Å². The van der Waals surface area contributed by atoms with E-state index in [2.05, 4.69) is 10.2 Å². The molecule has 15 heavy (non-hydrogen) atoms. The normalized spacial score (nSPS) is 13.0. The van der Waals surface area contributed by atoms with Gasteiger partial charge in [0.25, 0.3) is 0 Å². The summed E-state index contributed by atoms with van der Waals surface area (Å²) in [4.78, 5) is 11.3. The predicted octanol–water partition coefficient (Wildman–Crippen LogP) is -0.573. The summed E-state index contributed by atoms with van der Waals surface area (Å²) in [6, 6.07) is 0. The summed E-state index contributed by atoms with van der Waals surface area (Å²) >= 11 is 1.25. The van der Waals surface area contributed by atoms with E-state index in [1.54, 1.807) is 0 Å². The van der Waals surface area contributed by atoms with Gasteiger partial charge >= 0.3 is 5.69 Å². The lowest BCUT2D eigenvalue weighted by molar-refractivity contribution is 0.113. The van der Waals surface area contributed by atoms with E-state index in [1.165, 1.54) is 16.3 Å². The maximum absolute atomic E-state index is 11.3. The minimum atomic E-state index is -0.781. The van der Waals surface area contributed by atoms with Crippen molar-refractivity contribution in [3.8, 4) is 0 Å². The second-order valence-electron chi connectivity index (χ2n) is 3.11. The largest absolute Gasteiger partial charge is 0.394 e. The Morgan fingerprint density at radius 1 is 1.67 bits per heavy atom. The van der Waals surface area contributed by atoms with Gasteiger partial charge in [-0.25, -0.2) is 9.89 Å². The van der Waals surface area contributed by atoms with Crippen LogP contribution in [0, 0.1) is 0 Å². The molecule has 0 radical (unpaired) electrons. The van der Waals surface area contributed by atoms with Crippen molar-refractivity contribution in [2.24, 2.45) is 0 Å². The van der Waals surface area contributed by atoms with Crippen LogP contribution >= 0.6 is 11.8 Å². The number of aromatic amines is 1. The number of thioether (sulfide) groups is 1. The van der Waals surface area contributed by atoms with E-state index in [9.17, 15) is 4.79 Å². The van der Waals surface area contributed by atoms with Crippen molar-refractivity contribution in [2.45, 2.75) is 31.1 Å². The third kappa shape index (κ3) is 3.37. The Bertz CT molecular complexity index is 349. The van der Waals surface area contributed by atoms with Crippen LogP contribution in [-0.2, 0) is 6.54 Å². The molecule has 0 spiro atoms. The van der Waals surface area contributed by atoms with Crippen molar-refractivity contribution in [2.75, 3.05) is 12.4 Å². The second-order valence-corrected chi connectivity index (χ2v) is 4.10. The molecule has 1 heterocycles. The second kappa shape index (κ2) is 5.94. The zero-order valence-electron chi connectivity index (χ0n) is 8.51. The van der Waals surface area contributed by atoms with Crippen LogP contribution in [-0.4, -0.2) is 43.4 Å². The van der Waals surface area contributed by atoms with Gasteiger partial charge in [-0.1, -0.05) is 18.7 Å². The number of nitrogens with zero attached hydrogens (tertiary/aromatic N) is 2. The number of hydrogen-bond donors (Lipinski definition) is 3. The van der Waals surface area contributed by atoms with Gasteiger partial charge < -0.3 is 10.2 Å². The van der Waals surface area contributed by atoms with E-state index >= 15 is 0 Å². The fraction of sp³-hybridized carbons (Fsp3) is 0.750. The quantitative estimate of drug-likeness (QED) is 0.572. The Morgan fingerprint density at radius 3 is 3.00 bits per heavy atom. The maximum atomic E-state index is 11.3. The lowest BCUT2D eigenvalue weighted by Gasteiger charge is -2.06. The number of aromatic nitrogens is 3. The first-order valence-electron chi connectivity index (χ1n) is 4.76. The van der Waals surface area contributed by atoms with Crippen molar-refractivity contribution in [1.82, 2.24) is 14.8 Å². The molecule has 0 bridgehead atoms. The summed E-state index contributed by atoms with van der Waals surface area (Å²) in [5, 5.41) is 24.5. The molecule has 1 aromatic rings. The van der Waals surface area contributed by atoms with Crippen LogP contribution in [0.1, 0.15) is 13.3 Å². The van der Waals surface area contributed by atoms with Gasteiger partial charge in [0.1, 0.15) is 0 Å². The first-order valence-corrected chi connectivity index (χ1v) is 5.74. The summed E-state index contributed by atoms with van der Waals surface area (Å²) in [6.07, 6.45) is 0.0621. The highest BCUT2D eigenvalue weighted by atomic mass is 32.2. The van der Waals surface area contributed by atoms with Gasteiger partial charge in [-0.3, -0.25) is 4.57 Å². The molecule has 0 fully saturated rings. The number of nitrogens with one attached hydrogen (secondary N) is 1. The van der Waals surface area contributed by atoms with Crippen LogP contribution in [0.4, 0.5) is 0 Å². The third-order valence-electron chi connectivity index (χ3n) is 1.79. The lowest BCUT2D eigenvalue weighted by atomic mass is 10.4. The molecule has 86 valence electrons. The number of H-pyrrole nitrogens is 1. The van der Waals surface area contributed by atoms with Gasteiger partial charge in [0.15, 0.2) is 5.16 Å². The van der Waals surface area contributed by atoms with Gasteiger partial charge in [0.05, 0.1) is 12.7 Å². The molecule has 0 amide bonds. The molecule has 0 saturated heterocycles. The average molecular weight is 233 g/mol. The zero-order valence-corrected chi connectivity index (χ0v) is 9.33. The molecule has 6 nitrogen and oxygen atoms in total. The molecular formula is C8H15N3O3S. The highest BCUT2D eigenvalue weighted by molar-refractivity contribution is 7.99. The highest BCUT2D eigenvalue weighted by Gasteiger charge is 2.10. The van der Waals surface area contributed by atoms with E-state index in [-0.39, 0.29) is 12.3 Å². The molecule has 3 N–H and O–H groups in total. The fourth-order valence-electron chi connectivity index (χ4n) is 1.06. The Morgan fingerprint density at radius 2 is 2.40 bits per heavy atom. The average Bonchev–Trinajstić information content (AvgIpc) is 2.58. The van der Waals surface area contributed by atoms with Crippen molar-refractivity contribution < 1.29 is 10.2 Å². The summed E-state index contributed by atoms with van der Waals surface area (Å²) in [5.74, 6) is 0.324. The van der Waals surface area contributed by atoms with E-state index in [4.69, 9.17) is 10.2 Å². The Balaban J connectivity index is 2.64. The maximum Gasteiger partial charge on any atom is 0.343 e. The molecule has 1 atom stereocenters. The highest BCUT2D eigenvalue weighted by Crippen LogP contribution is 2.14. The number of rotatable bonds is 6. The molecule has 7 heteroatoms. The van der Waals surface area contributed by atoms with Crippen LogP contribution < -0.4 is 5.69 Å². The standard InChI is InChI=1S/C8H15N3O3S/c1-2-3-11-7(14)9-10-8(11)15-5-6(13)4-12/h6,12-13H,2-5H2,1H3,(H,9,14). The van der Waals surface area contributed by atoms with Crippen LogP contribution in [0.25, 0.3) is 0 Å². The monoisotopic (exact) mass is 233 g/mol. The topological polar surface area (TPSA) is 91.1 Å². The molecule has 0 saturated carbocycles. The molecule has 0 aromatic carbocycles. The van der Waals surface area contributed by atoms with E-state index in [1.807, 2.05) is 6.92 Å². The van der Waals surface area contributed by atoms with Crippen LogP contribution in [0.15, 0.2) is 9.95 Å². The molecular weight excluding hydrogens is 218 g/mol. The van der Waals surface area contributed by atoms with E-state index in [0.717, 1.165) is 6.42 Å². The molecule has 1 aromatic heterocycles. The SMILES string of the molecule is CCCn1c(SCC(O)CO)n[nH]c1=O. The minimum Gasteiger partial charge on any atom is -0.394 e. The number of aliphatic hydroxyl groups is 2. The molecule has 0 aliphatic heterocycles. The fourth-order valence-corrected chi connectivity index (χ4v) is 1.94. The van der Waals surface area contributed by atoms with Crippen molar-refractivity contribution in [3.63, 3.8) is 0 Å². The first kappa shape index (κ1) is 12.3. The zero-order chi connectivity index (χ0) is 11.3. The third-order valence-corrected chi connectivity index (χ3v) is 2.91. The first-order chi connectivity index (χ1) is 7.19. The molecule has 0 aliphatic rings. The summed E-state index contributed by atoms with van der Waals surface area (Å²) in [5.41, 5.74) is -0.238. The van der Waals surface area contributed by atoms with Crippen LogP contribution in [0.2, 0.25) is 0 Å². The lowest BCUT2D eigenvalue weighted by Crippen LogP contribution is -2.19. The van der Waals surface area contributed by atoms with Crippen LogP contribution in [0.5, 0.6) is 0 Å². The van der Waals surface area contributed by atoms with Crippen molar-refractivity contribution >= 4 is 11.8 Å². The Kier molecular flexibility index (Phi) is 4.86. The molecule has 0 aliphatic carbocycles. The smallest absolute Gasteiger partial charge is 0.343 e. The summed E-state index contributed by atoms with van der Waals surface area (Å²) in [6.45, 7) is 2.29. The van der Waals surface area contributed by atoms with Gasteiger partial charge in [-0.2, -0.15) is 0 Å². The number of hydrogen-bond acceptors (Lipinski definition) is 5. The predicted molar refractivity (Wildman–Crippen MR) is 57.0 cm³/mol. The van der Waals surface area contributed by atoms with Gasteiger partial charge in [-0.15, -0.1) is 5.10 Å². The van der Waals surface area contributed by atoms with Gasteiger partial charge in [0.2, 0.25) is 0 Å². The van der Waals surface area contributed by atoms with Gasteiger partial charge in [0, 0.05) is 12.3 Å². The van der Waals surface area contributed by atoms with E-state index in [0.29, 0.717) is 17.5 Å². The van der Waals surface area contributed by atoms with Crippen LogP contribution in [0.3, 0.4) is 0 Å². The van der Waals surface area contributed by atoms with Gasteiger partial charge in [-0.05, 0) is 6.42 Å². The minimum absolute atomic E-state index is 0.238. The molecule has 1 rings (SSSR count). The number of aliphatic hydroxyl groups excluding tert-OH is 2. The van der Waals surface area contributed by atoms with Crippen molar-refractivity contribution in [3.05, 3.63) is 10.5 Å². The summed E-state index contributed by atoms with van der Waals surface area (Å²) in [7, 11) is 0. The Labute approximate surface area is 91.3 Å². The summed E-state index contributed by atoms with van der Waals surface area (Å²) < 4.78 is 1.52. The van der Waals surface area contributed by atoms with E-state index < -0.39 is 6.10 Å². The molecule has 1 unspecified atom stereocenters.